The molecule has 0 aliphatic carbocycles. The fourth-order valence-corrected chi connectivity index (χ4v) is 3.48. The van der Waals surface area contributed by atoms with Crippen LogP contribution in [0.2, 0.25) is 0 Å². The molecule has 6 nitrogen and oxygen atoms in total. The van der Waals surface area contributed by atoms with E-state index in [9.17, 15) is 0 Å². The SMILES string of the molecule is CCN(CCCNC(=NC)NC(C)Cc1c(C)nn(C)c1C)c1ccccc1.I. The number of aryl methyl sites for hydroxylation is 2. The molecule has 0 amide bonds. The van der Waals surface area contributed by atoms with E-state index in [-0.39, 0.29) is 30.0 Å². The van der Waals surface area contributed by atoms with Gasteiger partial charge in [-0.25, -0.2) is 0 Å². The molecule has 0 spiro atoms. The Bertz CT molecular complexity index is 756. The predicted octanol–water partition coefficient (Wildman–Crippen LogP) is 3.67. The van der Waals surface area contributed by atoms with Crippen LogP contribution < -0.4 is 15.5 Å². The number of benzene rings is 1. The molecular formula is C22H37IN6. The summed E-state index contributed by atoms with van der Waals surface area (Å²) in [7, 11) is 3.82. The van der Waals surface area contributed by atoms with Crippen LogP contribution in [0, 0.1) is 13.8 Å². The van der Waals surface area contributed by atoms with Crippen LogP contribution in [-0.4, -0.2) is 48.5 Å². The van der Waals surface area contributed by atoms with Gasteiger partial charge in [0.05, 0.1) is 5.69 Å². The average molecular weight is 512 g/mol. The van der Waals surface area contributed by atoms with E-state index >= 15 is 0 Å². The molecule has 1 aromatic heterocycles. The van der Waals surface area contributed by atoms with Crippen LogP contribution in [0.25, 0.3) is 0 Å². The topological polar surface area (TPSA) is 57.5 Å². The number of anilines is 1. The lowest BCUT2D eigenvalue weighted by atomic mass is 10.1. The van der Waals surface area contributed by atoms with Crippen LogP contribution in [0.3, 0.4) is 0 Å². The summed E-state index contributed by atoms with van der Waals surface area (Å²) in [5, 5.41) is 11.5. The van der Waals surface area contributed by atoms with Crippen molar-refractivity contribution in [3.8, 4) is 0 Å². The first-order chi connectivity index (χ1) is 13.5. The average Bonchev–Trinajstić information content (AvgIpc) is 2.93. The summed E-state index contributed by atoms with van der Waals surface area (Å²) in [4.78, 5) is 6.77. The van der Waals surface area contributed by atoms with Gasteiger partial charge in [-0.1, -0.05) is 18.2 Å². The fraction of sp³-hybridized carbons (Fsp3) is 0.545. The number of aliphatic imine (C=N–C) groups is 1. The maximum Gasteiger partial charge on any atom is 0.191 e. The van der Waals surface area contributed by atoms with Gasteiger partial charge in [0.15, 0.2) is 5.96 Å². The first-order valence-electron chi connectivity index (χ1n) is 10.2. The van der Waals surface area contributed by atoms with Crippen molar-refractivity contribution in [3.63, 3.8) is 0 Å². The normalized spacial score (nSPS) is 12.3. The Morgan fingerprint density at radius 2 is 1.93 bits per heavy atom. The van der Waals surface area contributed by atoms with E-state index < -0.39 is 0 Å². The molecule has 0 fully saturated rings. The summed E-state index contributed by atoms with van der Waals surface area (Å²) in [6.45, 7) is 11.5. The number of para-hydroxylation sites is 1. The van der Waals surface area contributed by atoms with Crippen molar-refractivity contribution < 1.29 is 0 Å². The van der Waals surface area contributed by atoms with Gasteiger partial charge in [0, 0.05) is 51.2 Å². The maximum absolute atomic E-state index is 4.51. The number of aromatic nitrogens is 2. The summed E-state index contributed by atoms with van der Waals surface area (Å²) in [5.74, 6) is 0.856. The van der Waals surface area contributed by atoms with E-state index in [4.69, 9.17) is 0 Å². The van der Waals surface area contributed by atoms with Crippen LogP contribution in [0.15, 0.2) is 35.3 Å². The third-order valence-electron chi connectivity index (χ3n) is 5.18. The minimum atomic E-state index is 0. The summed E-state index contributed by atoms with van der Waals surface area (Å²) < 4.78 is 1.96. The van der Waals surface area contributed by atoms with E-state index in [0.717, 1.165) is 44.1 Å². The fourth-order valence-electron chi connectivity index (χ4n) is 3.48. The zero-order valence-corrected chi connectivity index (χ0v) is 21.0. The summed E-state index contributed by atoms with van der Waals surface area (Å²) in [5.41, 5.74) is 4.94. The van der Waals surface area contributed by atoms with Gasteiger partial charge in [0.25, 0.3) is 0 Å². The van der Waals surface area contributed by atoms with Crippen molar-refractivity contribution in [1.82, 2.24) is 20.4 Å². The van der Waals surface area contributed by atoms with Crippen molar-refractivity contribution in [3.05, 3.63) is 47.3 Å². The van der Waals surface area contributed by atoms with Crippen molar-refractivity contribution >= 4 is 35.6 Å². The van der Waals surface area contributed by atoms with E-state index in [1.54, 1.807) is 0 Å². The van der Waals surface area contributed by atoms with E-state index in [0.29, 0.717) is 0 Å². The molecule has 1 unspecified atom stereocenters. The lowest BCUT2D eigenvalue weighted by Crippen LogP contribution is -2.44. The van der Waals surface area contributed by atoms with Crippen molar-refractivity contribution in [2.75, 3.05) is 31.6 Å². The van der Waals surface area contributed by atoms with Crippen LogP contribution >= 0.6 is 24.0 Å². The molecule has 0 saturated carbocycles. The van der Waals surface area contributed by atoms with E-state index in [2.05, 4.69) is 83.7 Å². The quantitative estimate of drug-likeness (QED) is 0.233. The Labute approximate surface area is 193 Å². The highest BCUT2D eigenvalue weighted by atomic mass is 127. The molecule has 7 heteroatoms. The number of hydrogen-bond acceptors (Lipinski definition) is 3. The van der Waals surface area contributed by atoms with Gasteiger partial charge >= 0.3 is 0 Å². The second-order valence-corrected chi connectivity index (χ2v) is 7.29. The summed E-state index contributed by atoms with van der Waals surface area (Å²) in [6, 6.07) is 10.9. The molecule has 162 valence electrons. The summed E-state index contributed by atoms with van der Waals surface area (Å²) in [6.07, 6.45) is 1.99. The molecule has 0 radical (unpaired) electrons. The number of guanidine groups is 1. The second-order valence-electron chi connectivity index (χ2n) is 7.29. The molecular weight excluding hydrogens is 475 g/mol. The Morgan fingerprint density at radius 1 is 1.24 bits per heavy atom. The van der Waals surface area contributed by atoms with Gasteiger partial charge < -0.3 is 15.5 Å². The van der Waals surface area contributed by atoms with Gasteiger partial charge in [0.2, 0.25) is 0 Å². The van der Waals surface area contributed by atoms with E-state index in [1.165, 1.54) is 16.9 Å². The zero-order valence-electron chi connectivity index (χ0n) is 18.7. The largest absolute Gasteiger partial charge is 0.372 e. The lowest BCUT2D eigenvalue weighted by molar-refractivity contribution is 0.629. The van der Waals surface area contributed by atoms with Crippen molar-refractivity contribution in [1.29, 1.82) is 0 Å². The monoisotopic (exact) mass is 512 g/mol. The Kier molecular flexibility index (Phi) is 11.1. The van der Waals surface area contributed by atoms with Gasteiger partial charge in [-0.2, -0.15) is 5.10 Å². The third-order valence-corrected chi connectivity index (χ3v) is 5.18. The molecule has 1 atom stereocenters. The van der Waals surface area contributed by atoms with Crippen molar-refractivity contribution in [2.45, 2.75) is 46.6 Å². The molecule has 0 bridgehead atoms. The number of rotatable bonds is 9. The molecule has 1 heterocycles. The van der Waals surface area contributed by atoms with Crippen molar-refractivity contribution in [2.24, 2.45) is 12.0 Å². The second kappa shape index (κ2) is 12.7. The third kappa shape index (κ3) is 7.53. The van der Waals surface area contributed by atoms with Gasteiger partial charge in [-0.15, -0.1) is 24.0 Å². The van der Waals surface area contributed by atoms with E-state index in [1.807, 2.05) is 18.8 Å². The van der Waals surface area contributed by atoms with Gasteiger partial charge in [-0.05, 0) is 58.2 Å². The molecule has 2 rings (SSSR count). The van der Waals surface area contributed by atoms with Crippen LogP contribution in [0.4, 0.5) is 5.69 Å². The highest BCUT2D eigenvalue weighted by Crippen LogP contribution is 2.14. The van der Waals surface area contributed by atoms with Crippen LogP contribution in [0.5, 0.6) is 0 Å². The Balaban J connectivity index is 0.00000420. The molecule has 0 saturated heterocycles. The molecule has 2 N–H and O–H groups in total. The Morgan fingerprint density at radius 3 is 2.48 bits per heavy atom. The molecule has 29 heavy (non-hydrogen) atoms. The molecule has 2 aromatic rings. The maximum atomic E-state index is 4.51. The smallest absolute Gasteiger partial charge is 0.191 e. The zero-order chi connectivity index (χ0) is 20.5. The van der Waals surface area contributed by atoms with Gasteiger partial charge in [0.1, 0.15) is 0 Å². The van der Waals surface area contributed by atoms with Crippen LogP contribution in [0.1, 0.15) is 37.2 Å². The van der Waals surface area contributed by atoms with Crippen LogP contribution in [-0.2, 0) is 13.5 Å². The number of nitrogens with zero attached hydrogens (tertiary/aromatic N) is 4. The Hall–Kier alpha value is -1.77. The van der Waals surface area contributed by atoms with Gasteiger partial charge in [-0.3, -0.25) is 9.67 Å². The summed E-state index contributed by atoms with van der Waals surface area (Å²) >= 11 is 0. The standard InChI is InChI=1S/C22H36N6.HI/c1-7-28(20-12-9-8-10-13-20)15-11-14-24-22(23-5)25-17(2)16-21-18(3)26-27(6)19(21)4;/h8-10,12-13,17H,7,11,14-16H2,1-6H3,(H2,23,24,25);1H. The minimum Gasteiger partial charge on any atom is -0.372 e. The number of halogens is 1. The number of nitrogens with one attached hydrogen (secondary N) is 2. The molecule has 0 aliphatic heterocycles. The minimum absolute atomic E-state index is 0. The predicted molar refractivity (Wildman–Crippen MR) is 135 cm³/mol. The number of hydrogen-bond donors (Lipinski definition) is 2. The lowest BCUT2D eigenvalue weighted by Gasteiger charge is -2.23. The molecule has 0 aliphatic rings. The first kappa shape index (κ1) is 25.3. The highest BCUT2D eigenvalue weighted by molar-refractivity contribution is 14.0. The molecule has 1 aromatic carbocycles. The first-order valence-corrected chi connectivity index (χ1v) is 10.2. The highest BCUT2D eigenvalue weighted by Gasteiger charge is 2.14.